The normalized spacial score (nSPS) is 17.1. The SMILES string of the molecule is CCCCCCC(=O)N1CCN(c2nc(CN3CCN(c4ccccc4C)CC3)cc(=O)[nH]2)CC1. The number of nitrogens with zero attached hydrogens (tertiary/aromatic N) is 5. The lowest BCUT2D eigenvalue weighted by Crippen LogP contribution is -2.49. The summed E-state index contributed by atoms with van der Waals surface area (Å²) < 4.78 is 0. The summed E-state index contributed by atoms with van der Waals surface area (Å²) in [6.45, 7) is 11.6. The third kappa shape index (κ3) is 6.84. The van der Waals surface area contributed by atoms with Gasteiger partial charge in [0, 0.05) is 77.1 Å². The van der Waals surface area contributed by atoms with Crippen LogP contribution in [0.5, 0.6) is 0 Å². The molecule has 0 saturated carbocycles. The van der Waals surface area contributed by atoms with Gasteiger partial charge in [-0.25, -0.2) is 4.98 Å². The molecule has 35 heavy (non-hydrogen) atoms. The Morgan fingerprint density at radius 1 is 0.943 bits per heavy atom. The number of hydrogen-bond acceptors (Lipinski definition) is 6. The minimum atomic E-state index is -0.113. The number of carbonyl (C=O) groups is 1. The first kappa shape index (κ1) is 25.2. The lowest BCUT2D eigenvalue weighted by Gasteiger charge is -2.37. The van der Waals surface area contributed by atoms with Crippen LogP contribution in [-0.2, 0) is 11.3 Å². The Morgan fingerprint density at radius 3 is 2.37 bits per heavy atom. The number of aromatic nitrogens is 2. The topological polar surface area (TPSA) is 75.8 Å². The van der Waals surface area contributed by atoms with Crippen molar-refractivity contribution in [1.82, 2.24) is 19.8 Å². The van der Waals surface area contributed by atoms with Crippen LogP contribution in [0.2, 0.25) is 0 Å². The first-order valence-electron chi connectivity index (χ1n) is 13.2. The smallest absolute Gasteiger partial charge is 0.252 e. The number of amides is 1. The summed E-state index contributed by atoms with van der Waals surface area (Å²) in [5.74, 6) is 0.877. The van der Waals surface area contributed by atoms with Crippen molar-refractivity contribution in [3.8, 4) is 0 Å². The fraction of sp³-hybridized carbons (Fsp3) is 0.593. The van der Waals surface area contributed by atoms with Crippen LogP contribution < -0.4 is 15.4 Å². The maximum absolute atomic E-state index is 12.5. The van der Waals surface area contributed by atoms with Crippen LogP contribution in [0.4, 0.5) is 11.6 Å². The van der Waals surface area contributed by atoms with E-state index in [2.05, 4.69) is 57.8 Å². The number of aromatic amines is 1. The molecule has 2 fully saturated rings. The molecule has 0 aliphatic carbocycles. The number of carbonyl (C=O) groups excluding carboxylic acids is 1. The van der Waals surface area contributed by atoms with Crippen LogP contribution in [0.1, 0.15) is 50.3 Å². The minimum Gasteiger partial charge on any atom is -0.369 e. The number of piperazine rings is 2. The molecule has 190 valence electrons. The zero-order valence-electron chi connectivity index (χ0n) is 21.3. The van der Waals surface area contributed by atoms with E-state index in [0.29, 0.717) is 45.1 Å². The molecule has 0 atom stereocenters. The zero-order valence-corrected chi connectivity index (χ0v) is 21.3. The Bertz CT molecular complexity index is 1020. The van der Waals surface area contributed by atoms with Gasteiger partial charge in [0.1, 0.15) is 0 Å². The highest BCUT2D eigenvalue weighted by Crippen LogP contribution is 2.21. The van der Waals surface area contributed by atoms with E-state index in [1.807, 2.05) is 4.90 Å². The highest BCUT2D eigenvalue weighted by atomic mass is 16.2. The van der Waals surface area contributed by atoms with Crippen LogP contribution in [0.25, 0.3) is 0 Å². The number of nitrogens with one attached hydrogen (secondary N) is 1. The molecule has 3 heterocycles. The lowest BCUT2D eigenvalue weighted by atomic mass is 10.1. The van der Waals surface area contributed by atoms with Gasteiger partial charge in [-0.05, 0) is 25.0 Å². The Kier molecular flexibility index (Phi) is 8.79. The maximum Gasteiger partial charge on any atom is 0.252 e. The fourth-order valence-corrected chi connectivity index (χ4v) is 5.05. The molecule has 0 spiro atoms. The molecule has 2 saturated heterocycles. The number of para-hydroxylation sites is 1. The predicted octanol–water partition coefficient (Wildman–Crippen LogP) is 3.02. The third-order valence-corrected chi connectivity index (χ3v) is 7.17. The number of unbranched alkanes of at least 4 members (excludes halogenated alkanes) is 3. The van der Waals surface area contributed by atoms with Crippen molar-refractivity contribution in [2.45, 2.75) is 52.5 Å². The fourth-order valence-electron chi connectivity index (χ4n) is 5.05. The average Bonchev–Trinajstić information content (AvgIpc) is 2.87. The van der Waals surface area contributed by atoms with Crippen LogP contribution in [0.3, 0.4) is 0 Å². The molecule has 1 aromatic carbocycles. The number of hydrogen-bond donors (Lipinski definition) is 1. The molecule has 8 nitrogen and oxygen atoms in total. The summed E-state index contributed by atoms with van der Waals surface area (Å²) in [6, 6.07) is 10.1. The first-order valence-corrected chi connectivity index (χ1v) is 13.2. The molecule has 1 aromatic heterocycles. The molecule has 2 aromatic rings. The monoisotopic (exact) mass is 480 g/mol. The molecule has 2 aliphatic heterocycles. The van der Waals surface area contributed by atoms with Crippen LogP contribution >= 0.6 is 0 Å². The van der Waals surface area contributed by atoms with E-state index in [-0.39, 0.29) is 11.5 Å². The summed E-state index contributed by atoms with van der Waals surface area (Å²) in [5, 5.41) is 0. The van der Waals surface area contributed by atoms with E-state index in [9.17, 15) is 9.59 Å². The molecule has 1 amide bonds. The quantitative estimate of drug-likeness (QED) is 0.556. The highest BCUT2D eigenvalue weighted by Gasteiger charge is 2.23. The van der Waals surface area contributed by atoms with Crippen LogP contribution in [0, 0.1) is 6.92 Å². The summed E-state index contributed by atoms with van der Waals surface area (Å²) in [6.07, 6.45) is 5.12. The van der Waals surface area contributed by atoms with E-state index in [1.54, 1.807) is 6.07 Å². The molecule has 0 unspecified atom stereocenters. The minimum absolute atomic E-state index is 0.113. The number of benzene rings is 1. The number of anilines is 2. The standard InChI is InChI=1S/C27H40N6O2/c1-3-4-5-6-11-26(35)32-16-18-33(19-17-32)27-28-23(20-25(34)29-27)21-30-12-14-31(15-13-30)24-10-8-7-9-22(24)2/h7-10,20H,3-6,11-19,21H2,1-2H3,(H,28,29,34). The van der Waals surface area contributed by atoms with Crippen molar-refractivity contribution < 1.29 is 4.79 Å². The predicted molar refractivity (Wildman–Crippen MR) is 141 cm³/mol. The maximum atomic E-state index is 12.5. The molecule has 8 heteroatoms. The number of aryl methyl sites for hydroxylation is 1. The molecule has 2 aliphatic rings. The Balaban J connectivity index is 1.28. The lowest BCUT2D eigenvalue weighted by molar-refractivity contribution is -0.131. The van der Waals surface area contributed by atoms with Crippen molar-refractivity contribution in [1.29, 1.82) is 0 Å². The molecule has 1 N–H and O–H groups in total. The average molecular weight is 481 g/mol. The van der Waals surface area contributed by atoms with Gasteiger partial charge in [-0.1, -0.05) is 44.4 Å². The molecular weight excluding hydrogens is 440 g/mol. The van der Waals surface area contributed by atoms with Crippen molar-refractivity contribution in [3.63, 3.8) is 0 Å². The Labute approximate surface area is 208 Å². The van der Waals surface area contributed by atoms with Crippen LogP contribution in [0.15, 0.2) is 35.1 Å². The summed E-state index contributed by atoms with van der Waals surface area (Å²) >= 11 is 0. The van der Waals surface area contributed by atoms with Gasteiger partial charge in [-0.3, -0.25) is 19.5 Å². The van der Waals surface area contributed by atoms with E-state index in [4.69, 9.17) is 4.98 Å². The Hall–Kier alpha value is -2.87. The van der Waals surface area contributed by atoms with Crippen molar-refractivity contribution in [2.75, 3.05) is 62.2 Å². The third-order valence-electron chi connectivity index (χ3n) is 7.17. The van der Waals surface area contributed by atoms with Gasteiger partial charge >= 0.3 is 0 Å². The largest absolute Gasteiger partial charge is 0.369 e. The highest BCUT2D eigenvalue weighted by molar-refractivity contribution is 5.76. The van der Waals surface area contributed by atoms with Gasteiger partial charge in [0.25, 0.3) is 5.56 Å². The number of rotatable bonds is 9. The van der Waals surface area contributed by atoms with Gasteiger partial charge in [0.2, 0.25) is 11.9 Å². The molecule has 0 radical (unpaired) electrons. The van der Waals surface area contributed by atoms with Crippen molar-refractivity contribution in [2.24, 2.45) is 0 Å². The van der Waals surface area contributed by atoms with Crippen LogP contribution in [-0.4, -0.2) is 78.0 Å². The summed E-state index contributed by atoms with van der Waals surface area (Å²) in [7, 11) is 0. The Morgan fingerprint density at radius 2 is 1.66 bits per heavy atom. The van der Waals surface area contributed by atoms with Crippen molar-refractivity contribution >= 4 is 17.5 Å². The number of H-pyrrole nitrogens is 1. The molecule has 4 rings (SSSR count). The summed E-state index contributed by atoms with van der Waals surface area (Å²) in [5.41, 5.74) is 3.31. The first-order chi connectivity index (χ1) is 17.0. The molecule has 0 bridgehead atoms. The second-order valence-corrected chi connectivity index (χ2v) is 9.79. The zero-order chi connectivity index (χ0) is 24.6. The van der Waals surface area contributed by atoms with Gasteiger partial charge in [-0.2, -0.15) is 0 Å². The van der Waals surface area contributed by atoms with Gasteiger partial charge < -0.3 is 14.7 Å². The van der Waals surface area contributed by atoms with Crippen molar-refractivity contribution in [3.05, 3.63) is 51.9 Å². The second kappa shape index (κ2) is 12.2. The van der Waals surface area contributed by atoms with Gasteiger partial charge in [0.05, 0.1) is 5.69 Å². The van der Waals surface area contributed by atoms with Gasteiger partial charge in [-0.15, -0.1) is 0 Å². The molecular formula is C27H40N6O2. The second-order valence-electron chi connectivity index (χ2n) is 9.79. The van der Waals surface area contributed by atoms with E-state index < -0.39 is 0 Å². The summed E-state index contributed by atoms with van der Waals surface area (Å²) in [4.78, 5) is 41.5. The van der Waals surface area contributed by atoms with E-state index in [1.165, 1.54) is 24.1 Å². The van der Waals surface area contributed by atoms with Gasteiger partial charge in [0.15, 0.2) is 0 Å². The van der Waals surface area contributed by atoms with E-state index in [0.717, 1.165) is 44.7 Å². The van der Waals surface area contributed by atoms with E-state index >= 15 is 0 Å².